The fourth-order valence-corrected chi connectivity index (χ4v) is 5.03. The molecule has 4 rings (SSSR count). The second-order valence-electron chi connectivity index (χ2n) is 8.37. The van der Waals surface area contributed by atoms with E-state index < -0.39 is 0 Å². The number of aromatic nitrogens is 1. The number of aliphatic imine (C=N–C) groups is 1. The summed E-state index contributed by atoms with van der Waals surface area (Å²) in [6.07, 6.45) is 7.80. The molecule has 0 fully saturated rings. The van der Waals surface area contributed by atoms with Crippen LogP contribution in [0.1, 0.15) is 31.7 Å². The van der Waals surface area contributed by atoms with Gasteiger partial charge >= 0.3 is 0 Å². The lowest BCUT2D eigenvalue weighted by Crippen LogP contribution is -2.52. The molecule has 1 aromatic heterocycles. The van der Waals surface area contributed by atoms with E-state index in [9.17, 15) is 5.11 Å². The van der Waals surface area contributed by atoms with Gasteiger partial charge in [0.2, 0.25) is 0 Å². The van der Waals surface area contributed by atoms with Crippen molar-refractivity contribution in [1.82, 2.24) is 20.5 Å². The van der Waals surface area contributed by atoms with Gasteiger partial charge in [-0.1, -0.05) is 31.6 Å². The van der Waals surface area contributed by atoms with Crippen LogP contribution < -0.4 is 10.6 Å². The van der Waals surface area contributed by atoms with Crippen LogP contribution in [0.4, 0.5) is 0 Å². The molecule has 2 unspecified atom stereocenters. The van der Waals surface area contributed by atoms with Gasteiger partial charge in [0.05, 0.1) is 21.8 Å². The van der Waals surface area contributed by atoms with Gasteiger partial charge in [-0.3, -0.25) is 0 Å². The van der Waals surface area contributed by atoms with Crippen molar-refractivity contribution in [3.63, 3.8) is 0 Å². The number of para-hydroxylation sites is 1. The van der Waals surface area contributed by atoms with E-state index >= 15 is 0 Å². The Labute approximate surface area is 199 Å². The molecule has 0 saturated heterocycles. The molecule has 0 aliphatic carbocycles. The average molecular weight is 468 g/mol. The van der Waals surface area contributed by atoms with Crippen LogP contribution in [0.15, 0.2) is 59.1 Å². The number of rotatable bonds is 9. The Morgan fingerprint density at radius 1 is 1.39 bits per heavy atom. The minimum atomic E-state index is 0.0778. The monoisotopic (exact) mass is 467 g/mol. The van der Waals surface area contributed by atoms with Gasteiger partial charge in [0.25, 0.3) is 0 Å². The minimum Gasteiger partial charge on any atom is -0.492 e. The van der Waals surface area contributed by atoms with E-state index in [1.54, 1.807) is 11.3 Å². The lowest BCUT2D eigenvalue weighted by atomic mass is 10.0. The van der Waals surface area contributed by atoms with Crippen LogP contribution in [-0.2, 0) is 4.74 Å². The highest BCUT2D eigenvalue weighted by molar-refractivity contribution is 7.19. The number of nitrogens with zero attached hydrogens (tertiary/aromatic N) is 3. The molecule has 8 heteroatoms. The zero-order valence-corrected chi connectivity index (χ0v) is 20.4. The Morgan fingerprint density at radius 2 is 2.24 bits per heavy atom. The third kappa shape index (κ3) is 5.39. The van der Waals surface area contributed by atoms with Crippen molar-refractivity contribution >= 4 is 33.1 Å². The number of allylic oxidation sites excluding steroid dienone is 2. The van der Waals surface area contributed by atoms with Gasteiger partial charge in [-0.05, 0) is 43.5 Å². The fraction of sp³-hybridized carbons (Fsp3) is 0.440. The number of hydrogen-bond donors (Lipinski definition) is 3. The summed E-state index contributed by atoms with van der Waals surface area (Å²) in [6, 6.07) is 8.32. The molecule has 0 bridgehead atoms. The zero-order chi connectivity index (χ0) is 23.2. The number of likely N-dealkylation sites (N-methyl/N-ethyl adjacent to an activating group) is 1. The molecule has 1 aromatic carbocycles. The van der Waals surface area contributed by atoms with Crippen LogP contribution in [0.2, 0.25) is 0 Å². The molecule has 2 aromatic rings. The van der Waals surface area contributed by atoms with Crippen molar-refractivity contribution < 1.29 is 9.84 Å². The molecule has 2 atom stereocenters. The third-order valence-electron chi connectivity index (χ3n) is 6.22. The summed E-state index contributed by atoms with van der Waals surface area (Å²) in [5.74, 6) is 2.88. The van der Waals surface area contributed by atoms with Gasteiger partial charge in [0.15, 0.2) is 5.96 Å². The molecule has 0 saturated carbocycles. The Kier molecular flexibility index (Phi) is 7.67. The van der Waals surface area contributed by atoms with Gasteiger partial charge in [-0.25, -0.2) is 9.98 Å². The summed E-state index contributed by atoms with van der Waals surface area (Å²) in [6.45, 7) is 6.35. The van der Waals surface area contributed by atoms with Crippen molar-refractivity contribution in [1.29, 1.82) is 0 Å². The fourth-order valence-electron chi connectivity index (χ4n) is 3.93. The van der Waals surface area contributed by atoms with Crippen LogP contribution in [-0.4, -0.2) is 60.3 Å². The summed E-state index contributed by atoms with van der Waals surface area (Å²) in [5, 5.41) is 17.7. The minimum absolute atomic E-state index is 0.0778. The van der Waals surface area contributed by atoms with Crippen molar-refractivity contribution in [3.8, 4) is 0 Å². The highest BCUT2D eigenvalue weighted by atomic mass is 32.1. The normalized spacial score (nSPS) is 20.6. The number of hydrogen-bond acceptors (Lipinski definition) is 6. The first-order chi connectivity index (χ1) is 16.1. The largest absolute Gasteiger partial charge is 0.492 e. The third-order valence-corrected chi connectivity index (χ3v) is 7.29. The molecule has 0 spiro atoms. The summed E-state index contributed by atoms with van der Waals surface area (Å²) in [4.78, 5) is 11.9. The standard InChI is InChI=1S/C25H33N5O2S/c1-4-18(16-31)12-13-26-23-22(24-28-20-10-5-6-11-21(20)33-24)17(2)30(3)25(29-23)27-15-19-9-7-8-14-32-19/h5-11,17-18,26,31H,4,12-16H2,1-3H3,(H,27,29). The van der Waals surface area contributed by atoms with Gasteiger partial charge in [-0.2, -0.15) is 0 Å². The number of benzene rings is 1. The highest BCUT2D eigenvalue weighted by Crippen LogP contribution is 2.33. The van der Waals surface area contributed by atoms with Crippen molar-refractivity contribution in [2.75, 3.05) is 33.4 Å². The lowest BCUT2D eigenvalue weighted by Gasteiger charge is -2.37. The Balaban J connectivity index is 1.64. The van der Waals surface area contributed by atoms with Crippen molar-refractivity contribution in [2.24, 2.45) is 10.9 Å². The van der Waals surface area contributed by atoms with Crippen molar-refractivity contribution in [2.45, 2.75) is 32.7 Å². The molecule has 3 N–H and O–H groups in total. The van der Waals surface area contributed by atoms with E-state index in [2.05, 4.69) is 48.6 Å². The first kappa shape index (κ1) is 23.3. The second kappa shape index (κ2) is 10.9. The molecule has 7 nitrogen and oxygen atoms in total. The maximum absolute atomic E-state index is 9.57. The molecule has 33 heavy (non-hydrogen) atoms. The highest BCUT2D eigenvalue weighted by Gasteiger charge is 2.31. The molecule has 2 aliphatic heterocycles. The van der Waals surface area contributed by atoms with Crippen LogP contribution in [0.3, 0.4) is 0 Å². The van der Waals surface area contributed by atoms with E-state index in [-0.39, 0.29) is 12.6 Å². The lowest BCUT2D eigenvalue weighted by molar-refractivity contribution is 0.214. The van der Waals surface area contributed by atoms with Gasteiger partial charge in [0, 0.05) is 20.2 Å². The van der Waals surface area contributed by atoms with E-state index in [1.807, 2.05) is 30.4 Å². The molecular weight excluding hydrogens is 434 g/mol. The van der Waals surface area contributed by atoms with Crippen LogP contribution in [0.5, 0.6) is 0 Å². The van der Waals surface area contributed by atoms with E-state index in [0.717, 1.165) is 53.0 Å². The van der Waals surface area contributed by atoms with Gasteiger partial charge in [0.1, 0.15) is 29.7 Å². The number of ether oxygens (including phenoxy) is 1. The summed E-state index contributed by atoms with van der Waals surface area (Å²) in [5.41, 5.74) is 2.14. The quantitative estimate of drug-likeness (QED) is 0.522. The Hall–Kier alpha value is -2.84. The zero-order valence-electron chi connectivity index (χ0n) is 19.5. The van der Waals surface area contributed by atoms with E-state index in [0.29, 0.717) is 19.1 Å². The Bertz CT molecular complexity index is 1050. The number of guanidine groups is 1. The number of aliphatic hydroxyl groups excluding tert-OH is 1. The second-order valence-corrected chi connectivity index (χ2v) is 9.40. The topological polar surface area (TPSA) is 82.0 Å². The average Bonchev–Trinajstić information content (AvgIpc) is 3.27. The molecule has 3 heterocycles. The summed E-state index contributed by atoms with van der Waals surface area (Å²) >= 11 is 1.71. The van der Waals surface area contributed by atoms with Gasteiger partial charge < -0.3 is 25.4 Å². The molecule has 176 valence electrons. The number of thiazole rings is 1. The molecule has 0 radical (unpaired) electrons. The summed E-state index contributed by atoms with van der Waals surface area (Å²) < 4.78 is 6.83. The van der Waals surface area contributed by atoms with Crippen molar-refractivity contribution in [3.05, 3.63) is 59.1 Å². The molecule has 0 amide bonds. The van der Waals surface area contributed by atoms with E-state index in [4.69, 9.17) is 14.7 Å². The smallest absolute Gasteiger partial charge is 0.200 e. The maximum atomic E-state index is 9.57. The molecular formula is C25H33N5O2S. The first-order valence-electron chi connectivity index (χ1n) is 11.6. The SMILES string of the molecule is CCC(CO)CCNC1=C(c2nc3ccccc3s2)C(C)N(C)C(=NCC2=CC=CCO2)N1. The maximum Gasteiger partial charge on any atom is 0.200 e. The van der Waals surface area contributed by atoms with E-state index in [1.165, 1.54) is 4.70 Å². The van der Waals surface area contributed by atoms with Gasteiger partial charge in [-0.15, -0.1) is 11.3 Å². The molecule has 2 aliphatic rings. The predicted octanol–water partition coefficient (Wildman–Crippen LogP) is 3.71. The summed E-state index contributed by atoms with van der Waals surface area (Å²) in [7, 11) is 2.05. The number of aliphatic hydroxyl groups is 1. The number of fused-ring (bicyclic) bond motifs is 1. The first-order valence-corrected chi connectivity index (χ1v) is 12.4. The van der Waals surface area contributed by atoms with Crippen LogP contribution in [0.25, 0.3) is 15.8 Å². The predicted molar refractivity (Wildman–Crippen MR) is 136 cm³/mol. The van der Waals surface area contributed by atoms with Crippen LogP contribution in [0, 0.1) is 5.92 Å². The van der Waals surface area contributed by atoms with Crippen LogP contribution >= 0.6 is 11.3 Å². The number of nitrogens with one attached hydrogen (secondary N) is 2. The Morgan fingerprint density at radius 3 is 2.97 bits per heavy atom.